The molecule has 1 unspecified atom stereocenters. The maximum Gasteiger partial charge on any atom is 0.165 e. The zero-order chi connectivity index (χ0) is 12.3. The second-order valence-electron chi connectivity index (χ2n) is 4.83. The minimum Gasteiger partial charge on any atom is -0.494 e. The summed E-state index contributed by atoms with van der Waals surface area (Å²) in [5, 5.41) is 3.41. The lowest BCUT2D eigenvalue weighted by Crippen LogP contribution is -2.31. The summed E-state index contributed by atoms with van der Waals surface area (Å²) in [6.07, 6.45) is 3.50. The quantitative estimate of drug-likeness (QED) is 0.872. The SMILES string of the molecule is COc1cc(CC2CCCNC2)c(C)cc1F. The summed E-state index contributed by atoms with van der Waals surface area (Å²) in [6.45, 7) is 4.16. The van der Waals surface area contributed by atoms with Crippen LogP contribution in [0.3, 0.4) is 0 Å². The van der Waals surface area contributed by atoms with Crippen LogP contribution in [0.15, 0.2) is 12.1 Å². The van der Waals surface area contributed by atoms with Gasteiger partial charge in [-0.1, -0.05) is 0 Å². The van der Waals surface area contributed by atoms with Gasteiger partial charge in [-0.05, 0) is 68.5 Å². The van der Waals surface area contributed by atoms with Gasteiger partial charge in [0.25, 0.3) is 0 Å². The van der Waals surface area contributed by atoms with Crippen LogP contribution in [-0.2, 0) is 6.42 Å². The van der Waals surface area contributed by atoms with Crippen LogP contribution in [0.25, 0.3) is 0 Å². The van der Waals surface area contributed by atoms with Gasteiger partial charge < -0.3 is 10.1 Å². The van der Waals surface area contributed by atoms with Crippen molar-refractivity contribution in [3.63, 3.8) is 0 Å². The van der Waals surface area contributed by atoms with E-state index >= 15 is 0 Å². The van der Waals surface area contributed by atoms with E-state index < -0.39 is 0 Å². The van der Waals surface area contributed by atoms with Crippen molar-refractivity contribution in [2.45, 2.75) is 26.2 Å². The van der Waals surface area contributed by atoms with E-state index in [1.54, 1.807) is 6.07 Å². The largest absolute Gasteiger partial charge is 0.494 e. The summed E-state index contributed by atoms with van der Waals surface area (Å²) < 4.78 is 18.5. The van der Waals surface area contributed by atoms with E-state index in [0.717, 1.165) is 25.1 Å². The minimum absolute atomic E-state index is 0.268. The van der Waals surface area contributed by atoms with Crippen molar-refractivity contribution < 1.29 is 9.13 Å². The van der Waals surface area contributed by atoms with Crippen LogP contribution in [0.1, 0.15) is 24.0 Å². The number of halogens is 1. The molecule has 1 fully saturated rings. The number of benzene rings is 1. The fourth-order valence-corrected chi connectivity index (χ4v) is 2.48. The normalized spacial score (nSPS) is 20.3. The fraction of sp³-hybridized carbons (Fsp3) is 0.571. The molecule has 0 aromatic heterocycles. The summed E-state index contributed by atoms with van der Waals surface area (Å²) in [6, 6.07) is 3.42. The molecular formula is C14H20FNO. The van der Waals surface area contributed by atoms with Crippen LogP contribution in [-0.4, -0.2) is 20.2 Å². The second-order valence-corrected chi connectivity index (χ2v) is 4.83. The number of aryl methyl sites for hydroxylation is 1. The number of rotatable bonds is 3. The molecule has 2 nitrogen and oxygen atoms in total. The van der Waals surface area contributed by atoms with Gasteiger partial charge >= 0.3 is 0 Å². The maximum atomic E-state index is 13.5. The van der Waals surface area contributed by atoms with Gasteiger partial charge in [-0.15, -0.1) is 0 Å². The van der Waals surface area contributed by atoms with Crippen LogP contribution >= 0.6 is 0 Å². The third-order valence-electron chi connectivity index (χ3n) is 3.52. The summed E-state index contributed by atoms with van der Waals surface area (Å²) in [5.74, 6) is 0.752. The van der Waals surface area contributed by atoms with E-state index in [0.29, 0.717) is 11.7 Å². The highest BCUT2D eigenvalue weighted by atomic mass is 19.1. The molecule has 0 saturated carbocycles. The van der Waals surface area contributed by atoms with Crippen LogP contribution in [0.2, 0.25) is 0 Å². The maximum absolute atomic E-state index is 13.5. The van der Waals surface area contributed by atoms with Crippen LogP contribution in [0.5, 0.6) is 5.75 Å². The molecule has 1 atom stereocenters. The Balaban J connectivity index is 2.13. The Morgan fingerprint density at radius 3 is 2.94 bits per heavy atom. The van der Waals surface area contributed by atoms with Gasteiger partial charge in [0, 0.05) is 0 Å². The average Bonchev–Trinajstić information content (AvgIpc) is 2.34. The summed E-state index contributed by atoms with van der Waals surface area (Å²) >= 11 is 0. The van der Waals surface area contributed by atoms with E-state index in [4.69, 9.17) is 4.74 Å². The number of piperidine rings is 1. The molecule has 1 N–H and O–H groups in total. The predicted octanol–water partition coefficient (Wildman–Crippen LogP) is 2.68. The van der Waals surface area contributed by atoms with Gasteiger partial charge in [0.2, 0.25) is 0 Å². The molecule has 1 aliphatic rings. The van der Waals surface area contributed by atoms with Crippen molar-refractivity contribution in [3.05, 3.63) is 29.1 Å². The lowest BCUT2D eigenvalue weighted by molar-refractivity contribution is 0.370. The van der Waals surface area contributed by atoms with Gasteiger partial charge in [-0.2, -0.15) is 0 Å². The Labute approximate surface area is 102 Å². The van der Waals surface area contributed by atoms with Gasteiger partial charge in [0.1, 0.15) is 0 Å². The van der Waals surface area contributed by atoms with Crippen molar-refractivity contribution in [1.82, 2.24) is 5.32 Å². The molecule has 0 radical (unpaired) electrons. The molecule has 0 spiro atoms. The molecule has 0 bridgehead atoms. The second kappa shape index (κ2) is 5.50. The van der Waals surface area contributed by atoms with Crippen LogP contribution < -0.4 is 10.1 Å². The van der Waals surface area contributed by atoms with E-state index in [1.165, 1.54) is 25.5 Å². The Kier molecular flexibility index (Phi) is 4.00. The number of nitrogens with one attached hydrogen (secondary N) is 1. The molecule has 94 valence electrons. The molecule has 1 aliphatic heterocycles. The molecule has 1 saturated heterocycles. The first-order valence-electron chi connectivity index (χ1n) is 6.24. The first-order chi connectivity index (χ1) is 8.20. The topological polar surface area (TPSA) is 21.3 Å². The summed E-state index contributed by atoms with van der Waals surface area (Å²) in [4.78, 5) is 0. The third-order valence-corrected chi connectivity index (χ3v) is 3.52. The standard InChI is InChI=1S/C14H20FNO/c1-10-6-13(15)14(17-2)8-12(10)7-11-4-3-5-16-9-11/h6,8,11,16H,3-5,7,9H2,1-2H3. The van der Waals surface area contributed by atoms with Crippen LogP contribution in [0.4, 0.5) is 4.39 Å². The summed E-state index contributed by atoms with van der Waals surface area (Å²) in [7, 11) is 1.51. The molecule has 0 aliphatic carbocycles. The zero-order valence-corrected chi connectivity index (χ0v) is 10.6. The van der Waals surface area contributed by atoms with Crippen molar-refractivity contribution in [2.24, 2.45) is 5.92 Å². The van der Waals surface area contributed by atoms with Crippen molar-refractivity contribution in [2.75, 3.05) is 20.2 Å². The van der Waals surface area contributed by atoms with Gasteiger partial charge in [-0.25, -0.2) is 4.39 Å². The Hall–Kier alpha value is -1.09. The van der Waals surface area contributed by atoms with Gasteiger partial charge in [-0.3, -0.25) is 0 Å². The lowest BCUT2D eigenvalue weighted by atomic mass is 9.90. The first kappa shape index (κ1) is 12.4. The highest BCUT2D eigenvalue weighted by Crippen LogP contribution is 2.25. The molecular weight excluding hydrogens is 217 g/mol. The van der Waals surface area contributed by atoms with Gasteiger partial charge in [0.05, 0.1) is 7.11 Å². The van der Waals surface area contributed by atoms with E-state index in [9.17, 15) is 4.39 Å². The minimum atomic E-state index is -0.268. The molecule has 1 aromatic carbocycles. The molecule has 3 heteroatoms. The number of ether oxygens (including phenoxy) is 1. The zero-order valence-electron chi connectivity index (χ0n) is 10.6. The number of hydrogen-bond acceptors (Lipinski definition) is 2. The van der Waals surface area contributed by atoms with E-state index in [2.05, 4.69) is 5.32 Å². The highest BCUT2D eigenvalue weighted by Gasteiger charge is 2.16. The Bertz CT molecular complexity index is 386. The number of hydrogen-bond donors (Lipinski definition) is 1. The Morgan fingerprint density at radius 2 is 2.29 bits per heavy atom. The highest BCUT2D eigenvalue weighted by molar-refractivity contribution is 5.36. The molecule has 0 amide bonds. The van der Waals surface area contributed by atoms with Crippen molar-refractivity contribution in [3.8, 4) is 5.75 Å². The third kappa shape index (κ3) is 2.97. The van der Waals surface area contributed by atoms with Gasteiger partial charge in [0.15, 0.2) is 11.6 Å². The summed E-state index contributed by atoms with van der Waals surface area (Å²) in [5.41, 5.74) is 2.23. The average molecular weight is 237 g/mol. The van der Waals surface area contributed by atoms with Crippen molar-refractivity contribution >= 4 is 0 Å². The molecule has 2 rings (SSSR count). The first-order valence-corrected chi connectivity index (χ1v) is 6.24. The lowest BCUT2D eigenvalue weighted by Gasteiger charge is -2.23. The van der Waals surface area contributed by atoms with Crippen molar-refractivity contribution in [1.29, 1.82) is 0 Å². The fourth-order valence-electron chi connectivity index (χ4n) is 2.48. The van der Waals surface area contributed by atoms with E-state index in [1.807, 2.05) is 13.0 Å². The molecule has 1 aromatic rings. The van der Waals surface area contributed by atoms with Crippen LogP contribution in [0, 0.1) is 18.7 Å². The molecule has 1 heterocycles. The van der Waals surface area contributed by atoms with E-state index in [-0.39, 0.29) is 5.82 Å². The predicted molar refractivity (Wildman–Crippen MR) is 67.0 cm³/mol. The smallest absolute Gasteiger partial charge is 0.165 e. The monoisotopic (exact) mass is 237 g/mol. The molecule has 17 heavy (non-hydrogen) atoms. The Morgan fingerprint density at radius 1 is 1.47 bits per heavy atom. The number of methoxy groups -OCH3 is 1.